The Hall–Kier alpha value is -3.03. The number of nitrogens with zero attached hydrogens (tertiary/aromatic N) is 2. The summed E-state index contributed by atoms with van der Waals surface area (Å²) in [7, 11) is -3.75. The van der Waals surface area contributed by atoms with Gasteiger partial charge in [-0.05, 0) is 59.5 Å². The Bertz CT molecular complexity index is 1130. The lowest BCUT2D eigenvalue weighted by Crippen LogP contribution is -2.40. The van der Waals surface area contributed by atoms with Crippen molar-refractivity contribution in [1.29, 1.82) is 0 Å². The molecule has 0 aliphatic carbocycles. The highest BCUT2D eigenvalue weighted by Crippen LogP contribution is 2.38. The van der Waals surface area contributed by atoms with Crippen LogP contribution in [0.5, 0.6) is 0 Å². The van der Waals surface area contributed by atoms with Crippen LogP contribution in [0.3, 0.4) is 0 Å². The SMILES string of the molecule is CC(=O)Nc1ccc(S(=O)(=O)N2CCc3ccccc3C2c2ccncc2)cc1. The van der Waals surface area contributed by atoms with Crippen molar-refractivity contribution in [3.63, 3.8) is 0 Å². The molecule has 2 heterocycles. The van der Waals surface area contributed by atoms with Crippen molar-refractivity contribution < 1.29 is 13.2 Å². The van der Waals surface area contributed by atoms with Crippen LogP contribution in [0.4, 0.5) is 5.69 Å². The first-order valence-corrected chi connectivity index (χ1v) is 10.8. The fourth-order valence-corrected chi connectivity index (χ4v) is 5.34. The van der Waals surface area contributed by atoms with Gasteiger partial charge in [-0.2, -0.15) is 4.31 Å². The zero-order chi connectivity index (χ0) is 20.4. The Morgan fingerprint density at radius 3 is 2.41 bits per heavy atom. The summed E-state index contributed by atoms with van der Waals surface area (Å²) in [4.78, 5) is 15.5. The van der Waals surface area contributed by atoms with Crippen molar-refractivity contribution in [2.45, 2.75) is 24.3 Å². The Kier molecular flexibility index (Phi) is 5.17. The minimum atomic E-state index is -3.75. The van der Waals surface area contributed by atoms with Crippen LogP contribution in [0.1, 0.15) is 29.7 Å². The maximum absolute atomic E-state index is 13.5. The van der Waals surface area contributed by atoms with Crippen LogP contribution in [0.15, 0.2) is 78.0 Å². The summed E-state index contributed by atoms with van der Waals surface area (Å²) >= 11 is 0. The highest BCUT2D eigenvalue weighted by atomic mass is 32.2. The third-order valence-electron chi connectivity index (χ3n) is 5.04. The smallest absolute Gasteiger partial charge is 0.243 e. The molecule has 0 saturated heterocycles. The van der Waals surface area contributed by atoms with E-state index in [9.17, 15) is 13.2 Å². The van der Waals surface area contributed by atoms with E-state index < -0.39 is 16.1 Å². The van der Waals surface area contributed by atoms with Crippen LogP contribution in [0.2, 0.25) is 0 Å². The van der Waals surface area contributed by atoms with E-state index in [-0.39, 0.29) is 10.8 Å². The van der Waals surface area contributed by atoms with Crippen LogP contribution >= 0.6 is 0 Å². The van der Waals surface area contributed by atoms with Crippen molar-refractivity contribution in [3.05, 3.63) is 89.7 Å². The van der Waals surface area contributed by atoms with Crippen molar-refractivity contribution in [2.75, 3.05) is 11.9 Å². The molecular formula is C22H21N3O3S. The van der Waals surface area contributed by atoms with Gasteiger partial charge in [0.05, 0.1) is 10.9 Å². The maximum Gasteiger partial charge on any atom is 0.243 e. The highest BCUT2D eigenvalue weighted by molar-refractivity contribution is 7.89. The van der Waals surface area contributed by atoms with E-state index in [4.69, 9.17) is 0 Å². The molecule has 2 aromatic carbocycles. The monoisotopic (exact) mass is 407 g/mol. The number of aromatic nitrogens is 1. The molecule has 1 aliphatic heterocycles. The van der Waals surface area contributed by atoms with Gasteiger partial charge in [-0.15, -0.1) is 0 Å². The lowest BCUT2D eigenvalue weighted by atomic mass is 9.90. The van der Waals surface area contributed by atoms with E-state index in [1.54, 1.807) is 28.8 Å². The maximum atomic E-state index is 13.5. The van der Waals surface area contributed by atoms with Crippen LogP contribution in [0, 0.1) is 0 Å². The fraction of sp³-hybridized carbons (Fsp3) is 0.182. The van der Waals surface area contributed by atoms with Crippen molar-refractivity contribution in [1.82, 2.24) is 9.29 Å². The van der Waals surface area contributed by atoms with Gasteiger partial charge in [0.25, 0.3) is 0 Å². The van der Waals surface area contributed by atoms with E-state index in [1.807, 2.05) is 30.3 Å². The van der Waals surface area contributed by atoms with Gasteiger partial charge in [0.2, 0.25) is 15.9 Å². The number of hydrogen-bond acceptors (Lipinski definition) is 4. The molecule has 1 amide bonds. The minimum Gasteiger partial charge on any atom is -0.326 e. The third kappa shape index (κ3) is 3.79. The summed E-state index contributed by atoms with van der Waals surface area (Å²) in [5.74, 6) is -0.203. The fourth-order valence-electron chi connectivity index (χ4n) is 3.74. The quantitative estimate of drug-likeness (QED) is 0.719. The molecule has 1 aliphatic rings. The second kappa shape index (κ2) is 7.77. The van der Waals surface area contributed by atoms with Crippen LogP contribution in [0.25, 0.3) is 0 Å². The molecule has 0 saturated carbocycles. The summed E-state index contributed by atoms with van der Waals surface area (Å²) in [5.41, 5.74) is 3.59. The predicted molar refractivity (Wildman–Crippen MR) is 111 cm³/mol. The first-order chi connectivity index (χ1) is 14.0. The number of benzene rings is 2. The van der Waals surface area contributed by atoms with Gasteiger partial charge < -0.3 is 5.32 Å². The van der Waals surface area contributed by atoms with E-state index in [2.05, 4.69) is 16.4 Å². The van der Waals surface area contributed by atoms with Gasteiger partial charge in [-0.3, -0.25) is 9.78 Å². The molecule has 4 rings (SSSR count). The number of amides is 1. The molecule has 0 fully saturated rings. The normalized spacial score (nSPS) is 16.8. The first kappa shape index (κ1) is 19.3. The molecule has 6 nitrogen and oxygen atoms in total. The standard InChI is InChI=1S/C22H21N3O3S/c1-16(26)24-19-6-8-20(9-7-19)29(27,28)25-15-12-17-4-2-3-5-21(17)22(25)18-10-13-23-14-11-18/h2-11,13-14,22H,12,15H2,1H3,(H,24,26). The van der Waals surface area contributed by atoms with Gasteiger partial charge in [-0.25, -0.2) is 8.42 Å². The van der Waals surface area contributed by atoms with Crippen LogP contribution < -0.4 is 5.32 Å². The second-order valence-corrected chi connectivity index (χ2v) is 8.84. The number of carbonyl (C=O) groups excluding carboxylic acids is 1. The zero-order valence-corrected chi connectivity index (χ0v) is 16.8. The summed E-state index contributed by atoms with van der Waals surface area (Å²) in [5, 5.41) is 2.66. The third-order valence-corrected chi connectivity index (χ3v) is 6.92. The molecular weight excluding hydrogens is 386 g/mol. The van der Waals surface area contributed by atoms with Crippen LogP contribution in [-0.4, -0.2) is 30.2 Å². The van der Waals surface area contributed by atoms with E-state index in [1.165, 1.54) is 19.1 Å². The number of anilines is 1. The number of nitrogens with one attached hydrogen (secondary N) is 1. The lowest BCUT2D eigenvalue weighted by Gasteiger charge is -2.36. The second-order valence-electron chi connectivity index (χ2n) is 6.95. The molecule has 1 atom stereocenters. The first-order valence-electron chi connectivity index (χ1n) is 9.34. The molecule has 0 radical (unpaired) electrons. The highest BCUT2D eigenvalue weighted by Gasteiger charge is 2.37. The Morgan fingerprint density at radius 2 is 1.72 bits per heavy atom. The molecule has 148 valence electrons. The molecule has 1 aromatic heterocycles. The summed E-state index contributed by atoms with van der Waals surface area (Å²) in [6.45, 7) is 1.80. The number of carbonyl (C=O) groups is 1. The Morgan fingerprint density at radius 1 is 1.03 bits per heavy atom. The number of hydrogen-bond donors (Lipinski definition) is 1. The number of sulfonamides is 1. The largest absolute Gasteiger partial charge is 0.326 e. The van der Waals surface area contributed by atoms with Gasteiger partial charge in [0, 0.05) is 31.5 Å². The molecule has 29 heavy (non-hydrogen) atoms. The van der Waals surface area contributed by atoms with Crippen molar-refractivity contribution in [3.8, 4) is 0 Å². The molecule has 3 aromatic rings. The minimum absolute atomic E-state index is 0.199. The molecule has 1 N–H and O–H groups in total. The van der Waals surface area contributed by atoms with Crippen molar-refractivity contribution >= 4 is 21.6 Å². The molecule has 0 spiro atoms. The molecule has 7 heteroatoms. The summed E-state index contributed by atoms with van der Waals surface area (Å²) < 4.78 is 28.6. The summed E-state index contributed by atoms with van der Waals surface area (Å²) in [6.07, 6.45) is 4.01. The Balaban J connectivity index is 1.76. The van der Waals surface area contributed by atoms with Gasteiger partial charge in [0.1, 0.15) is 0 Å². The zero-order valence-electron chi connectivity index (χ0n) is 15.9. The summed E-state index contributed by atoms with van der Waals surface area (Å²) in [6, 6.07) is 17.5. The average Bonchev–Trinajstić information content (AvgIpc) is 2.73. The van der Waals surface area contributed by atoms with Crippen LogP contribution in [-0.2, 0) is 21.2 Å². The number of rotatable bonds is 4. The van der Waals surface area contributed by atoms with E-state index >= 15 is 0 Å². The molecule has 1 unspecified atom stereocenters. The number of fused-ring (bicyclic) bond motifs is 1. The topological polar surface area (TPSA) is 79.4 Å². The van der Waals surface area contributed by atoms with E-state index in [0.717, 1.165) is 16.7 Å². The predicted octanol–water partition coefficient (Wildman–Crippen LogP) is 3.38. The van der Waals surface area contributed by atoms with Gasteiger partial charge in [-0.1, -0.05) is 24.3 Å². The van der Waals surface area contributed by atoms with Crippen molar-refractivity contribution in [2.24, 2.45) is 0 Å². The van der Waals surface area contributed by atoms with Gasteiger partial charge >= 0.3 is 0 Å². The molecule has 0 bridgehead atoms. The average molecular weight is 407 g/mol. The van der Waals surface area contributed by atoms with Gasteiger partial charge in [0.15, 0.2) is 0 Å². The van der Waals surface area contributed by atoms with E-state index in [0.29, 0.717) is 18.7 Å². The Labute approximate surface area is 170 Å². The number of pyridine rings is 1. The lowest BCUT2D eigenvalue weighted by molar-refractivity contribution is -0.114.